The average Bonchev–Trinajstić information content (AvgIpc) is 2.79. The van der Waals surface area contributed by atoms with Gasteiger partial charge in [0.2, 0.25) is 5.71 Å². The highest BCUT2D eigenvalue weighted by atomic mass is 16.5. The molecule has 4 heteroatoms. The predicted molar refractivity (Wildman–Crippen MR) is 73.3 cm³/mol. The van der Waals surface area contributed by atoms with Crippen LogP contribution in [0, 0.1) is 0 Å². The van der Waals surface area contributed by atoms with Crippen LogP contribution in [0.3, 0.4) is 0 Å². The normalized spacial score (nSPS) is 12.2. The largest absolute Gasteiger partial charge is 0.495 e. The lowest BCUT2D eigenvalue weighted by Crippen LogP contribution is -2.13. The van der Waals surface area contributed by atoms with Gasteiger partial charge < -0.3 is 14.3 Å². The van der Waals surface area contributed by atoms with Crippen LogP contribution in [0.2, 0.25) is 0 Å². The Labute approximate surface area is 110 Å². The summed E-state index contributed by atoms with van der Waals surface area (Å²) in [5.41, 5.74) is 0.244. The molecule has 0 aliphatic heterocycles. The zero-order valence-corrected chi connectivity index (χ0v) is 11.1. The van der Waals surface area contributed by atoms with Gasteiger partial charge in [0.1, 0.15) is 17.1 Å². The summed E-state index contributed by atoms with van der Waals surface area (Å²) in [6, 6.07) is 9.50. The third kappa shape index (κ3) is 1.85. The van der Waals surface area contributed by atoms with E-state index in [0.29, 0.717) is 11.5 Å². The first-order valence-electron chi connectivity index (χ1n) is 6.10. The smallest absolute Gasteiger partial charge is 0.230 e. The molecule has 0 spiro atoms. The van der Waals surface area contributed by atoms with Crippen molar-refractivity contribution in [3.63, 3.8) is 0 Å². The Bertz CT molecular complexity index is 753. The average molecular weight is 257 g/mol. The van der Waals surface area contributed by atoms with E-state index in [2.05, 4.69) is 4.98 Å². The number of hydrogen-bond acceptors (Lipinski definition) is 4. The molecule has 1 aromatic carbocycles. The molecule has 19 heavy (non-hydrogen) atoms. The Morgan fingerprint density at radius 3 is 2.63 bits per heavy atom. The van der Waals surface area contributed by atoms with E-state index in [1.165, 1.54) is 0 Å². The molecule has 0 saturated carbocycles. The highest BCUT2D eigenvalue weighted by Gasteiger charge is 2.23. The lowest BCUT2D eigenvalue weighted by atomic mass is 10.1. The molecule has 0 amide bonds. The number of nitrogens with zero attached hydrogens (tertiary/aromatic N) is 1. The minimum atomic E-state index is -1.04. The van der Waals surface area contributed by atoms with Crippen LogP contribution in [0.15, 0.2) is 34.7 Å². The van der Waals surface area contributed by atoms with Crippen molar-refractivity contribution in [2.45, 2.75) is 19.4 Å². The first-order chi connectivity index (χ1) is 9.00. The molecule has 0 radical (unpaired) electrons. The van der Waals surface area contributed by atoms with Crippen molar-refractivity contribution in [1.82, 2.24) is 4.98 Å². The predicted octanol–water partition coefficient (Wildman–Crippen LogP) is 3.22. The Hall–Kier alpha value is -2.07. The van der Waals surface area contributed by atoms with Crippen LogP contribution in [0.4, 0.5) is 0 Å². The Morgan fingerprint density at radius 2 is 1.95 bits per heavy atom. The number of rotatable bonds is 2. The minimum absolute atomic E-state index is 0.476. The summed E-state index contributed by atoms with van der Waals surface area (Å²) in [6.07, 6.45) is 0. The number of pyridine rings is 1. The van der Waals surface area contributed by atoms with Crippen LogP contribution < -0.4 is 4.74 Å². The van der Waals surface area contributed by atoms with E-state index in [4.69, 9.17) is 9.15 Å². The van der Waals surface area contributed by atoms with Crippen LogP contribution in [-0.2, 0) is 5.60 Å². The monoisotopic (exact) mass is 257 g/mol. The van der Waals surface area contributed by atoms with Crippen molar-refractivity contribution in [1.29, 1.82) is 0 Å². The van der Waals surface area contributed by atoms with Gasteiger partial charge in [-0.15, -0.1) is 0 Å². The van der Waals surface area contributed by atoms with Crippen molar-refractivity contribution < 1.29 is 14.3 Å². The molecule has 3 rings (SSSR count). The number of aromatic nitrogens is 1. The lowest BCUT2D eigenvalue weighted by molar-refractivity contribution is 0.0557. The summed E-state index contributed by atoms with van der Waals surface area (Å²) in [5.74, 6) is 1.20. The van der Waals surface area contributed by atoms with E-state index in [1.807, 2.05) is 24.3 Å². The number of furan rings is 1. The zero-order valence-electron chi connectivity index (χ0n) is 11.1. The Balaban J connectivity index is 2.41. The van der Waals surface area contributed by atoms with Crippen LogP contribution >= 0.6 is 0 Å². The molecule has 0 bridgehead atoms. The molecular formula is C15H15NO3. The summed E-state index contributed by atoms with van der Waals surface area (Å²) >= 11 is 0. The lowest BCUT2D eigenvalue weighted by Gasteiger charge is -2.12. The third-order valence-corrected chi connectivity index (χ3v) is 3.13. The third-order valence-electron chi connectivity index (χ3n) is 3.13. The standard InChI is InChI=1S/C15H15NO3/c1-15(2,17)12-8-10-13(18-3)9-6-4-5-7-11(9)16-14(10)19-12/h4-8,17H,1-3H3. The van der Waals surface area contributed by atoms with Gasteiger partial charge in [0.25, 0.3) is 0 Å². The van der Waals surface area contributed by atoms with E-state index in [-0.39, 0.29) is 0 Å². The first-order valence-corrected chi connectivity index (χ1v) is 6.10. The number of fused-ring (bicyclic) bond motifs is 2. The maximum atomic E-state index is 10.0. The van der Waals surface area contributed by atoms with Crippen LogP contribution in [0.1, 0.15) is 19.6 Å². The molecule has 2 heterocycles. The van der Waals surface area contributed by atoms with Gasteiger partial charge in [0.15, 0.2) is 0 Å². The highest BCUT2D eigenvalue weighted by molar-refractivity contribution is 5.99. The molecule has 4 nitrogen and oxygen atoms in total. The molecule has 1 N–H and O–H groups in total. The molecular weight excluding hydrogens is 242 g/mol. The van der Waals surface area contributed by atoms with Gasteiger partial charge in [0.05, 0.1) is 18.0 Å². The summed E-state index contributed by atoms with van der Waals surface area (Å²) in [5, 5.41) is 11.7. The van der Waals surface area contributed by atoms with E-state index < -0.39 is 5.60 Å². The molecule has 0 aliphatic carbocycles. The highest BCUT2D eigenvalue weighted by Crippen LogP contribution is 2.36. The van der Waals surface area contributed by atoms with Gasteiger partial charge in [-0.3, -0.25) is 0 Å². The molecule has 2 aromatic heterocycles. The van der Waals surface area contributed by atoms with Crippen molar-refractivity contribution in [3.05, 3.63) is 36.1 Å². The maximum absolute atomic E-state index is 10.0. The quantitative estimate of drug-likeness (QED) is 0.765. The van der Waals surface area contributed by atoms with Gasteiger partial charge in [-0.25, -0.2) is 4.98 Å². The van der Waals surface area contributed by atoms with Crippen molar-refractivity contribution in [3.8, 4) is 5.75 Å². The summed E-state index contributed by atoms with van der Waals surface area (Å²) in [7, 11) is 1.62. The van der Waals surface area contributed by atoms with Crippen molar-refractivity contribution >= 4 is 22.0 Å². The Morgan fingerprint density at radius 1 is 1.21 bits per heavy atom. The van der Waals surface area contributed by atoms with Crippen LogP contribution in [-0.4, -0.2) is 17.2 Å². The number of para-hydroxylation sites is 1. The molecule has 3 aromatic rings. The maximum Gasteiger partial charge on any atom is 0.230 e. The van der Waals surface area contributed by atoms with Crippen LogP contribution in [0.5, 0.6) is 5.75 Å². The van der Waals surface area contributed by atoms with Crippen molar-refractivity contribution in [2.24, 2.45) is 0 Å². The second kappa shape index (κ2) is 3.96. The molecule has 98 valence electrons. The number of aliphatic hydroxyl groups is 1. The number of hydrogen-bond donors (Lipinski definition) is 1. The SMILES string of the molecule is COc1c2ccccc2nc2oc(C(C)(C)O)cc12. The zero-order chi connectivity index (χ0) is 13.6. The molecule has 0 saturated heterocycles. The molecule has 0 unspecified atom stereocenters. The van der Waals surface area contributed by atoms with Gasteiger partial charge in [0, 0.05) is 5.39 Å². The Kier molecular flexibility index (Phi) is 2.50. The first kappa shape index (κ1) is 12.0. The van der Waals surface area contributed by atoms with E-state index in [0.717, 1.165) is 22.0 Å². The summed E-state index contributed by atoms with van der Waals surface area (Å²) < 4.78 is 11.1. The van der Waals surface area contributed by atoms with E-state index in [9.17, 15) is 5.11 Å². The summed E-state index contributed by atoms with van der Waals surface area (Å²) in [6.45, 7) is 3.35. The second-order valence-electron chi connectivity index (χ2n) is 5.05. The van der Waals surface area contributed by atoms with Gasteiger partial charge in [-0.2, -0.15) is 0 Å². The molecule has 0 atom stereocenters. The fraction of sp³-hybridized carbons (Fsp3) is 0.267. The second-order valence-corrected chi connectivity index (χ2v) is 5.05. The number of ether oxygens (including phenoxy) is 1. The van der Waals surface area contributed by atoms with Gasteiger partial charge in [-0.1, -0.05) is 12.1 Å². The van der Waals surface area contributed by atoms with Crippen LogP contribution in [0.25, 0.3) is 22.0 Å². The fourth-order valence-electron chi connectivity index (χ4n) is 2.17. The van der Waals surface area contributed by atoms with E-state index >= 15 is 0 Å². The van der Waals surface area contributed by atoms with Crippen molar-refractivity contribution in [2.75, 3.05) is 7.11 Å². The van der Waals surface area contributed by atoms with E-state index in [1.54, 1.807) is 27.0 Å². The molecule has 0 fully saturated rings. The van der Waals surface area contributed by atoms with Gasteiger partial charge in [-0.05, 0) is 32.0 Å². The topological polar surface area (TPSA) is 55.5 Å². The summed E-state index contributed by atoms with van der Waals surface area (Å²) in [4.78, 5) is 4.46. The number of benzene rings is 1. The molecule has 0 aliphatic rings. The van der Waals surface area contributed by atoms with Gasteiger partial charge >= 0.3 is 0 Å². The number of methoxy groups -OCH3 is 1. The fourth-order valence-corrected chi connectivity index (χ4v) is 2.17. The minimum Gasteiger partial charge on any atom is -0.495 e.